The molecule has 1 aliphatic carbocycles. The van der Waals surface area contributed by atoms with Crippen molar-refractivity contribution in [3.8, 4) is 23.3 Å². The van der Waals surface area contributed by atoms with E-state index < -0.39 is 4.92 Å². The minimum absolute atomic E-state index is 0.0000482. The monoisotopic (exact) mass is 374 g/mol. The van der Waals surface area contributed by atoms with Crippen molar-refractivity contribution in [3.63, 3.8) is 0 Å². The number of nitrogens with zero attached hydrogens (tertiary/aromatic N) is 3. The van der Waals surface area contributed by atoms with Gasteiger partial charge in [0.15, 0.2) is 0 Å². The SMILES string of the molecule is N#Cc1c(N)c(C#N)c(-c2ccc([N+](=O)[O-])cc2)c2c1CCCCCCCC2. The number of nitro groups is 1. The lowest BCUT2D eigenvalue weighted by molar-refractivity contribution is -0.384. The largest absolute Gasteiger partial charge is 0.397 e. The summed E-state index contributed by atoms with van der Waals surface area (Å²) in [6.07, 6.45) is 8.08. The number of nitrogens with two attached hydrogens (primary N) is 1. The zero-order chi connectivity index (χ0) is 20.1. The predicted octanol–water partition coefficient (Wildman–Crippen LogP) is 5.03. The van der Waals surface area contributed by atoms with Gasteiger partial charge >= 0.3 is 0 Å². The Hall–Kier alpha value is -3.38. The maximum atomic E-state index is 11.0. The molecule has 0 atom stereocenters. The number of nitrogen functional groups attached to an aromatic ring is 1. The molecule has 3 rings (SSSR count). The minimum atomic E-state index is -0.444. The zero-order valence-corrected chi connectivity index (χ0v) is 15.7. The molecule has 142 valence electrons. The van der Waals surface area contributed by atoms with Crippen LogP contribution in [-0.4, -0.2) is 4.92 Å². The highest BCUT2D eigenvalue weighted by Gasteiger charge is 2.24. The lowest BCUT2D eigenvalue weighted by Gasteiger charge is -2.21. The van der Waals surface area contributed by atoms with Crippen LogP contribution in [0.15, 0.2) is 24.3 Å². The smallest absolute Gasteiger partial charge is 0.269 e. The fourth-order valence-corrected chi connectivity index (χ4v) is 4.05. The van der Waals surface area contributed by atoms with Crippen molar-refractivity contribution in [1.82, 2.24) is 0 Å². The second-order valence-electron chi connectivity index (χ2n) is 7.14. The summed E-state index contributed by atoms with van der Waals surface area (Å²) >= 11 is 0. The summed E-state index contributed by atoms with van der Waals surface area (Å²) in [4.78, 5) is 10.5. The molecule has 0 amide bonds. The standard InChI is InChI=1S/C22H22N4O2/c23-13-19-17-7-5-3-1-2-4-6-8-18(17)21(20(14-24)22(19)25)15-9-11-16(12-10-15)26(27)28/h9-12H,1-8,25H2. The number of fused-ring (bicyclic) bond motifs is 1. The van der Waals surface area contributed by atoms with E-state index in [1.165, 1.54) is 25.0 Å². The molecule has 2 aromatic rings. The molecule has 0 saturated carbocycles. The van der Waals surface area contributed by atoms with Crippen LogP contribution in [0.2, 0.25) is 0 Å². The number of hydrogen-bond donors (Lipinski definition) is 1. The molecule has 0 spiro atoms. The maximum Gasteiger partial charge on any atom is 0.269 e. The Morgan fingerprint density at radius 2 is 1.39 bits per heavy atom. The minimum Gasteiger partial charge on any atom is -0.397 e. The van der Waals surface area contributed by atoms with E-state index in [9.17, 15) is 20.6 Å². The number of hydrogen-bond acceptors (Lipinski definition) is 5. The number of rotatable bonds is 2. The van der Waals surface area contributed by atoms with Crippen LogP contribution in [-0.2, 0) is 12.8 Å². The van der Waals surface area contributed by atoms with E-state index in [-0.39, 0.29) is 11.4 Å². The number of nitro benzene ring substituents is 1. The van der Waals surface area contributed by atoms with Crippen LogP contribution in [0, 0.1) is 32.8 Å². The Kier molecular flexibility index (Phi) is 5.91. The van der Waals surface area contributed by atoms with E-state index in [4.69, 9.17) is 5.73 Å². The molecule has 6 nitrogen and oxygen atoms in total. The van der Waals surface area contributed by atoms with E-state index in [1.807, 2.05) is 0 Å². The second kappa shape index (κ2) is 8.54. The Morgan fingerprint density at radius 3 is 1.93 bits per heavy atom. The highest BCUT2D eigenvalue weighted by atomic mass is 16.6. The van der Waals surface area contributed by atoms with Gasteiger partial charge in [0.1, 0.15) is 12.1 Å². The molecule has 0 saturated heterocycles. The van der Waals surface area contributed by atoms with Crippen LogP contribution in [0.5, 0.6) is 0 Å². The van der Waals surface area contributed by atoms with Gasteiger partial charge in [-0.2, -0.15) is 10.5 Å². The molecule has 6 heteroatoms. The van der Waals surface area contributed by atoms with Crippen molar-refractivity contribution in [1.29, 1.82) is 10.5 Å². The van der Waals surface area contributed by atoms with Crippen molar-refractivity contribution in [2.24, 2.45) is 0 Å². The highest BCUT2D eigenvalue weighted by Crippen LogP contribution is 2.39. The zero-order valence-electron chi connectivity index (χ0n) is 15.7. The van der Waals surface area contributed by atoms with Crippen molar-refractivity contribution in [2.75, 3.05) is 5.73 Å². The van der Waals surface area contributed by atoms with E-state index >= 15 is 0 Å². The van der Waals surface area contributed by atoms with E-state index in [0.717, 1.165) is 60.8 Å². The molecular formula is C22H22N4O2. The van der Waals surface area contributed by atoms with Gasteiger partial charge in [-0.05, 0) is 54.5 Å². The third kappa shape index (κ3) is 3.68. The second-order valence-corrected chi connectivity index (χ2v) is 7.14. The molecule has 0 heterocycles. The summed E-state index contributed by atoms with van der Waals surface area (Å²) in [5, 5.41) is 30.5. The number of anilines is 1. The third-order valence-corrected chi connectivity index (χ3v) is 5.45. The molecule has 0 aromatic heterocycles. The molecule has 2 N–H and O–H groups in total. The van der Waals surface area contributed by atoms with Crippen LogP contribution in [0.1, 0.15) is 60.8 Å². The van der Waals surface area contributed by atoms with Crippen LogP contribution in [0.3, 0.4) is 0 Å². The van der Waals surface area contributed by atoms with Crippen LogP contribution < -0.4 is 5.73 Å². The van der Waals surface area contributed by atoms with E-state index in [2.05, 4.69) is 12.1 Å². The summed E-state index contributed by atoms with van der Waals surface area (Å²) in [5.41, 5.74) is 10.6. The molecule has 1 aliphatic rings. The van der Waals surface area contributed by atoms with Crippen molar-refractivity contribution < 1.29 is 4.92 Å². The summed E-state index contributed by atoms with van der Waals surface area (Å²) in [6.45, 7) is 0. The van der Waals surface area contributed by atoms with Crippen molar-refractivity contribution >= 4 is 11.4 Å². The van der Waals surface area contributed by atoms with Gasteiger partial charge in [0.25, 0.3) is 5.69 Å². The lowest BCUT2D eigenvalue weighted by atomic mass is 9.82. The molecule has 2 aromatic carbocycles. The first-order valence-electron chi connectivity index (χ1n) is 9.60. The number of non-ortho nitro benzene ring substituents is 1. The Bertz CT molecular complexity index is 982. The first kappa shape index (κ1) is 19.4. The Labute approximate surface area is 164 Å². The summed E-state index contributed by atoms with van der Waals surface area (Å²) < 4.78 is 0. The molecular weight excluding hydrogens is 352 g/mol. The quantitative estimate of drug-likeness (QED) is 0.449. The Morgan fingerprint density at radius 1 is 0.857 bits per heavy atom. The molecule has 28 heavy (non-hydrogen) atoms. The van der Waals surface area contributed by atoms with Gasteiger partial charge in [0.05, 0.1) is 21.7 Å². The summed E-state index contributed by atoms with van der Waals surface area (Å²) in [7, 11) is 0. The van der Waals surface area contributed by atoms with Crippen molar-refractivity contribution in [2.45, 2.75) is 51.4 Å². The molecule has 0 unspecified atom stereocenters. The highest BCUT2D eigenvalue weighted by molar-refractivity contribution is 5.85. The number of benzene rings is 2. The average molecular weight is 374 g/mol. The van der Waals surface area contributed by atoms with Gasteiger partial charge in [-0.25, -0.2) is 0 Å². The lowest BCUT2D eigenvalue weighted by Crippen LogP contribution is -2.10. The normalized spacial score (nSPS) is 14.4. The summed E-state index contributed by atoms with van der Waals surface area (Å²) in [5.74, 6) is 0. The third-order valence-electron chi connectivity index (χ3n) is 5.45. The van der Waals surface area contributed by atoms with Crippen LogP contribution in [0.4, 0.5) is 11.4 Å². The fraction of sp³-hybridized carbons (Fsp3) is 0.364. The maximum absolute atomic E-state index is 11.0. The van der Waals surface area contributed by atoms with E-state index in [0.29, 0.717) is 11.1 Å². The molecule has 0 bridgehead atoms. The first-order chi connectivity index (χ1) is 13.6. The number of nitriles is 2. The van der Waals surface area contributed by atoms with Gasteiger partial charge in [-0.15, -0.1) is 0 Å². The average Bonchev–Trinajstić information content (AvgIpc) is 2.71. The van der Waals surface area contributed by atoms with Gasteiger partial charge in [-0.1, -0.05) is 25.7 Å². The predicted molar refractivity (Wildman–Crippen MR) is 107 cm³/mol. The first-order valence-corrected chi connectivity index (χ1v) is 9.60. The van der Waals surface area contributed by atoms with Crippen molar-refractivity contribution in [3.05, 3.63) is 56.6 Å². The Balaban J connectivity index is 2.27. The molecule has 0 fully saturated rings. The van der Waals surface area contributed by atoms with Gasteiger partial charge in [-0.3, -0.25) is 10.1 Å². The van der Waals surface area contributed by atoms with Crippen LogP contribution in [0.25, 0.3) is 11.1 Å². The van der Waals surface area contributed by atoms with E-state index in [1.54, 1.807) is 12.1 Å². The van der Waals surface area contributed by atoms with Crippen LogP contribution >= 0.6 is 0 Å². The van der Waals surface area contributed by atoms with Gasteiger partial charge < -0.3 is 5.73 Å². The summed E-state index contributed by atoms with van der Waals surface area (Å²) in [6, 6.07) is 10.6. The topological polar surface area (TPSA) is 117 Å². The van der Waals surface area contributed by atoms with Gasteiger partial charge in [0, 0.05) is 17.7 Å². The van der Waals surface area contributed by atoms with Gasteiger partial charge in [0.2, 0.25) is 0 Å². The fourth-order valence-electron chi connectivity index (χ4n) is 4.05. The molecule has 0 aliphatic heterocycles. The molecule has 0 radical (unpaired) electrons.